The average Bonchev–Trinajstić information content (AvgIpc) is 2.27. The SMILES string of the molecule is CC(C#N)NS(=O)(=O)c1ccc(C#N)cc1Cl. The molecule has 7 heteroatoms. The molecule has 0 fully saturated rings. The van der Waals surface area contributed by atoms with Crippen LogP contribution in [0.3, 0.4) is 0 Å². The molecular formula is C10H8ClN3O2S. The summed E-state index contributed by atoms with van der Waals surface area (Å²) >= 11 is 5.77. The number of rotatable bonds is 3. The third kappa shape index (κ3) is 3.18. The molecule has 0 aliphatic rings. The van der Waals surface area contributed by atoms with E-state index in [1.54, 1.807) is 6.07 Å². The molecule has 0 aromatic heterocycles. The number of nitriles is 2. The van der Waals surface area contributed by atoms with E-state index in [4.69, 9.17) is 22.1 Å². The fourth-order valence-corrected chi connectivity index (χ4v) is 2.80. The van der Waals surface area contributed by atoms with Gasteiger partial charge in [0.2, 0.25) is 10.0 Å². The van der Waals surface area contributed by atoms with Gasteiger partial charge in [0.1, 0.15) is 10.9 Å². The van der Waals surface area contributed by atoms with Gasteiger partial charge in [-0.05, 0) is 25.1 Å². The summed E-state index contributed by atoms with van der Waals surface area (Å²) in [5, 5.41) is 17.1. The van der Waals surface area contributed by atoms with Crippen molar-refractivity contribution in [2.45, 2.75) is 17.9 Å². The molecule has 0 aliphatic heterocycles. The predicted molar refractivity (Wildman–Crippen MR) is 61.6 cm³/mol. The molecule has 1 aromatic rings. The van der Waals surface area contributed by atoms with Crippen LogP contribution < -0.4 is 4.72 Å². The first kappa shape index (κ1) is 13.5. The summed E-state index contributed by atoms with van der Waals surface area (Å²) < 4.78 is 25.7. The van der Waals surface area contributed by atoms with Crippen molar-refractivity contribution < 1.29 is 8.42 Å². The van der Waals surface area contributed by atoms with E-state index in [0.29, 0.717) is 0 Å². The molecule has 0 saturated carbocycles. The lowest BCUT2D eigenvalue weighted by molar-refractivity contribution is 0.577. The van der Waals surface area contributed by atoms with Crippen molar-refractivity contribution in [2.75, 3.05) is 0 Å². The van der Waals surface area contributed by atoms with Crippen LogP contribution in [0.2, 0.25) is 5.02 Å². The molecule has 1 rings (SSSR count). The van der Waals surface area contributed by atoms with Crippen molar-refractivity contribution in [3.8, 4) is 12.1 Å². The summed E-state index contributed by atoms with van der Waals surface area (Å²) in [5.41, 5.74) is 0.266. The lowest BCUT2D eigenvalue weighted by atomic mass is 10.2. The summed E-state index contributed by atoms with van der Waals surface area (Å²) in [6, 6.07) is 6.57. The Morgan fingerprint density at radius 2 is 2.06 bits per heavy atom. The minimum absolute atomic E-state index is 0.0540. The first-order valence-electron chi connectivity index (χ1n) is 4.52. The normalized spacial score (nSPS) is 12.5. The van der Waals surface area contributed by atoms with Crippen molar-refractivity contribution in [1.29, 1.82) is 10.5 Å². The van der Waals surface area contributed by atoms with Crippen LogP contribution in [0.15, 0.2) is 23.1 Å². The van der Waals surface area contributed by atoms with E-state index < -0.39 is 16.1 Å². The number of benzene rings is 1. The Bertz CT molecular complexity index is 613. The number of halogens is 1. The summed E-state index contributed by atoms with van der Waals surface area (Å²) in [7, 11) is -3.84. The van der Waals surface area contributed by atoms with Gasteiger partial charge in [0.15, 0.2) is 0 Å². The highest BCUT2D eigenvalue weighted by Gasteiger charge is 2.20. The number of sulfonamides is 1. The maximum atomic E-state index is 11.8. The Balaban J connectivity index is 3.18. The second-order valence-electron chi connectivity index (χ2n) is 3.23. The Labute approximate surface area is 104 Å². The molecule has 5 nitrogen and oxygen atoms in total. The van der Waals surface area contributed by atoms with E-state index in [1.807, 2.05) is 6.07 Å². The van der Waals surface area contributed by atoms with Crippen molar-refractivity contribution in [3.05, 3.63) is 28.8 Å². The lowest BCUT2D eigenvalue weighted by Crippen LogP contribution is -2.31. The third-order valence-electron chi connectivity index (χ3n) is 1.88. The Morgan fingerprint density at radius 3 is 2.53 bits per heavy atom. The predicted octanol–water partition coefficient (Wildman–Crippen LogP) is 1.40. The van der Waals surface area contributed by atoms with Gasteiger partial charge in [-0.2, -0.15) is 15.2 Å². The van der Waals surface area contributed by atoms with E-state index >= 15 is 0 Å². The standard InChI is InChI=1S/C10H8ClN3O2S/c1-7(5-12)14-17(15,16)10-3-2-8(6-13)4-9(10)11/h2-4,7,14H,1H3. The van der Waals surface area contributed by atoms with Gasteiger partial charge in [-0.1, -0.05) is 11.6 Å². The van der Waals surface area contributed by atoms with Gasteiger partial charge in [-0.25, -0.2) is 8.42 Å². The molecular weight excluding hydrogens is 262 g/mol. The third-order valence-corrected chi connectivity index (χ3v) is 3.90. The maximum absolute atomic E-state index is 11.8. The number of nitrogens with zero attached hydrogens (tertiary/aromatic N) is 2. The molecule has 0 aliphatic carbocycles. The van der Waals surface area contributed by atoms with Crippen LogP contribution in [0.5, 0.6) is 0 Å². The first-order chi connectivity index (χ1) is 7.90. The molecule has 17 heavy (non-hydrogen) atoms. The smallest absolute Gasteiger partial charge is 0.207 e. The molecule has 0 heterocycles. The van der Waals surface area contributed by atoms with Crippen molar-refractivity contribution in [2.24, 2.45) is 0 Å². The van der Waals surface area contributed by atoms with Crippen LogP contribution in [-0.4, -0.2) is 14.5 Å². The van der Waals surface area contributed by atoms with Crippen molar-refractivity contribution >= 4 is 21.6 Å². The zero-order valence-electron chi connectivity index (χ0n) is 8.81. The van der Waals surface area contributed by atoms with Gasteiger partial charge in [-0.15, -0.1) is 0 Å². The number of nitrogens with one attached hydrogen (secondary N) is 1. The first-order valence-corrected chi connectivity index (χ1v) is 6.38. The van der Waals surface area contributed by atoms with Crippen LogP contribution in [0.4, 0.5) is 0 Å². The molecule has 88 valence electrons. The molecule has 1 atom stereocenters. The fourth-order valence-electron chi connectivity index (χ4n) is 1.11. The van der Waals surface area contributed by atoms with Crippen LogP contribution in [0, 0.1) is 22.7 Å². The summed E-state index contributed by atoms with van der Waals surface area (Å²) in [6.07, 6.45) is 0. The van der Waals surface area contributed by atoms with Gasteiger partial charge >= 0.3 is 0 Å². The number of hydrogen-bond acceptors (Lipinski definition) is 4. The second-order valence-corrected chi connectivity index (χ2v) is 5.32. The second kappa shape index (κ2) is 5.15. The monoisotopic (exact) mass is 269 g/mol. The quantitative estimate of drug-likeness (QED) is 0.897. The van der Waals surface area contributed by atoms with Crippen molar-refractivity contribution in [1.82, 2.24) is 4.72 Å². The van der Waals surface area contributed by atoms with E-state index in [-0.39, 0.29) is 15.5 Å². The van der Waals surface area contributed by atoms with Gasteiger partial charge in [-0.3, -0.25) is 0 Å². The topological polar surface area (TPSA) is 93.8 Å². The molecule has 0 amide bonds. The van der Waals surface area contributed by atoms with Gasteiger partial charge < -0.3 is 0 Å². The zero-order chi connectivity index (χ0) is 13.1. The molecule has 1 aromatic carbocycles. The molecule has 0 radical (unpaired) electrons. The summed E-state index contributed by atoms with van der Waals surface area (Å²) in [5.74, 6) is 0. The van der Waals surface area contributed by atoms with E-state index in [1.165, 1.54) is 25.1 Å². The van der Waals surface area contributed by atoms with Gasteiger partial charge in [0.05, 0.1) is 22.7 Å². The Morgan fingerprint density at radius 1 is 1.41 bits per heavy atom. The highest BCUT2D eigenvalue weighted by molar-refractivity contribution is 7.89. The largest absolute Gasteiger partial charge is 0.243 e. The van der Waals surface area contributed by atoms with E-state index in [9.17, 15) is 8.42 Å². The highest BCUT2D eigenvalue weighted by atomic mass is 35.5. The minimum Gasteiger partial charge on any atom is -0.207 e. The molecule has 1 N–H and O–H groups in total. The summed E-state index contributed by atoms with van der Waals surface area (Å²) in [6.45, 7) is 1.41. The molecule has 0 spiro atoms. The van der Waals surface area contributed by atoms with Crippen LogP contribution in [-0.2, 0) is 10.0 Å². The maximum Gasteiger partial charge on any atom is 0.243 e. The van der Waals surface area contributed by atoms with Crippen LogP contribution >= 0.6 is 11.6 Å². The Hall–Kier alpha value is -1.60. The minimum atomic E-state index is -3.84. The average molecular weight is 270 g/mol. The highest BCUT2D eigenvalue weighted by Crippen LogP contribution is 2.22. The van der Waals surface area contributed by atoms with E-state index in [2.05, 4.69) is 4.72 Å². The van der Waals surface area contributed by atoms with Crippen molar-refractivity contribution in [3.63, 3.8) is 0 Å². The number of hydrogen-bond donors (Lipinski definition) is 1. The lowest BCUT2D eigenvalue weighted by Gasteiger charge is -2.09. The van der Waals surface area contributed by atoms with Crippen LogP contribution in [0.25, 0.3) is 0 Å². The molecule has 0 saturated heterocycles. The van der Waals surface area contributed by atoms with Gasteiger partial charge in [0, 0.05) is 0 Å². The van der Waals surface area contributed by atoms with Gasteiger partial charge in [0.25, 0.3) is 0 Å². The Kier molecular flexibility index (Phi) is 4.08. The zero-order valence-corrected chi connectivity index (χ0v) is 10.4. The fraction of sp³-hybridized carbons (Fsp3) is 0.200. The van der Waals surface area contributed by atoms with Crippen LogP contribution in [0.1, 0.15) is 12.5 Å². The molecule has 0 bridgehead atoms. The molecule has 1 unspecified atom stereocenters. The van der Waals surface area contributed by atoms with E-state index in [0.717, 1.165) is 0 Å². The summed E-state index contributed by atoms with van der Waals surface area (Å²) in [4.78, 5) is -0.153.